The first kappa shape index (κ1) is 16.1. The molecule has 2 aromatic carbocycles. The van der Waals surface area contributed by atoms with Crippen LogP contribution in [0.25, 0.3) is 33.3 Å². The van der Waals surface area contributed by atoms with E-state index in [0.29, 0.717) is 22.8 Å². The number of aryl methyl sites for hydroxylation is 2. The molecule has 2 aromatic heterocycles. The summed E-state index contributed by atoms with van der Waals surface area (Å²) in [5.74, 6) is 0.235. The summed E-state index contributed by atoms with van der Waals surface area (Å²) in [5, 5.41) is 11.7. The van der Waals surface area contributed by atoms with Crippen molar-refractivity contribution in [2.45, 2.75) is 32.6 Å². The zero-order chi connectivity index (χ0) is 18.7. The van der Waals surface area contributed by atoms with Gasteiger partial charge in [0.05, 0.1) is 11.1 Å². The van der Waals surface area contributed by atoms with Gasteiger partial charge in [-0.15, -0.1) is 0 Å². The van der Waals surface area contributed by atoms with E-state index in [9.17, 15) is 9.90 Å². The molecule has 4 aromatic rings. The number of rotatable bonds is 3. The second-order valence-electron chi connectivity index (χ2n) is 7.40. The summed E-state index contributed by atoms with van der Waals surface area (Å²) in [5.41, 5.74) is 5.48. The zero-order valence-corrected chi connectivity index (χ0v) is 15.2. The summed E-state index contributed by atoms with van der Waals surface area (Å²) in [6, 6.07) is 13.6. The number of para-hydroxylation sites is 1. The molecule has 4 heteroatoms. The van der Waals surface area contributed by atoms with E-state index in [1.54, 1.807) is 6.07 Å². The standard InChI is InChI=1S/C23H19NO3/c1-12-7-8-13(2)21-19(12)16(23(25)26)11-17(24-21)22-20(14-9-10-14)15-5-3-4-6-18(15)27-22/h3-8,11,14H,9-10H2,1-2H3,(H,25,26). The highest BCUT2D eigenvalue weighted by molar-refractivity contribution is 6.06. The average molecular weight is 357 g/mol. The summed E-state index contributed by atoms with van der Waals surface area (Å²) in [7, 11) is 0. The monoisotopic (exact) mass is 357 g/mol. The van der Waals surface area contributed by atoms with Crippen LogP contribution in [0, 0.1) is 13.8 Å². The van der Waals surface area contributed by atoms with Crippen molar-refractivity contribution in [1.29, 1.82) is 0 Å². The Hall–Kier alpha value is -3.14. The largest absolute Gasteiger partial charge is 0.478 e. The van der Waals surface area contributed by atoms with Crippen molar-refractivity contribution < 1.29 is 14.3 Å². The fourth-order valence-electron chi connectivity index (χ4n) is 3.96. The molecular weight excluding hydrogens is 338 g/mol. The van der Waals surface area contributed by atoms with Gasteiger partial charge in [0.25, 0.3) is 0 Å². The topological polar surface area (TPSA) is 63.3 Å². The van der Waals surface area contributed by atoms with Gasteiger partial charge >= 0.3 is 5.97 Å². The molecule has 0 radical (unpaired) electrons. The number of hydrogen-bond acceptors (Lipinski definition) is 3. The van der Waals surface area contributed by atoms with E-state index in [-0.39, 0.29) is 5.56 Å². The maximum atomic E-state index is 12.0. The summed E-state index contributed by atoms with van der Waals surface area (Å²) >= 11 is 0. The number of aromatic nitrogens is 1. The van der Waals surface area contributed by atoms with Gasteiger partial charge < -0.3 is 9.52 Å². The van der Waals surface area contributed by atoms with E-state index >= 15 is 0 Å². The Morgan fingerprint density at radius 3 is 2.59 bits per heavy atom. The fraction of sp³-hybridized carbons (Fsp3) is 0.217. The number of carboxylic acid groups (broad SMARTS) is 1. The van der Waals surface area contributed by atoms with Crippen LogP contribution in [-0.4, -0.2) is 16.1 Å². The summed E-state index contributed by atoms with van der Waals surface area (Å²) < 4.78 is 6.18. The normalized spacial score (nSPS) is 14.1. The highest BCUT2D eigenvalue weighted by atomic mass is 16.4. The first-order chi connectivity index (χ1) is 13.0. The number of fused-ring (bicyclic) bond motifs is 2. The Balaban J connectivity index is 1.87. The molecule has 0 spiro atoms. The van der Waals surface area contributed by atoms with Crippen LogP contribution in [-0.2, 0) is 0 Å². The van der Waals surface area contributed by atoms with E-state index in [1.165, 1.54) is 5.56 Å². The highest BCUT2D eigenvalue weighted by Crippen LogP contribution is 2.49. The van der Waals surface area contributed by atoms with Crippen LogP contribution in [0.2, 0.25) is 0 Å². The van der Waals surface area contributed by atoms with Crippen LogP contribution in [0.3, 0.4) is 0 Å². The minimum Gasteiger partial charge on any atom is -0.478 e. The van der Waals surface area contributed by atoms with Crippen LogP contribution in [0.4, 0.5) is 0 Å². The molecular formula is C23H19NO3. The SMILES string of the molecule is Cc1ccc(C)c2c(C(=O)O)cc(-c3oc4ccccc4c3C3CC3)nc12. The van der Waals surface area contributed by atoms with Gasteiger partial charge in [-0.25, -0.2) is 9.78 Å². The van der Waals surface area contributed by atoms with Gasteiger partial charge in [-0.05, 0) is 55.9 Å². The summed E-state index contributed by atoms with van der Waals surface area (Å²) in [4.78, 5) is 16.9. The van der Waals surface area contributed by atoms with Crippen molar-refractivity contribution in [2.75, 3.05) is 0 Å². The fourth-order valence-corrected chi connectivity index (χ4v) is 3.96. The third-order valence-electron chi connectivity index (χ3n) is 5.45. The maximum Gasteiger partial charge on any atom is 0.336 e. The Kier molecular flexibility index (Phi) is 3.38. The lowest BCUT2D eigenvalue weighted by molar-refractivity contribution is 0.0699. The van der Waals surface area contributed by atoms with Gasteiger partial charge in [0.1, 0.15) is 11.3 Å². The van der Waals surface area contributed by atoms with E-state index in [0.717, 1.165) is 40.5 Å². The molecule has 0 bridgehead atoms. The molecule has 1 aliphatic carbocycles. The molecule has 0 aliphatic heterocycles. The van der Waals surface area contributed by atoms with Crippen molar-refractivity contribution in [3.8, 4) is 11.5 Å². The first-order valence-electron chi connectivity index (χ1n) is 9.20. The molecule has 0 saturated heterocycles. The second-order valence-corrected chi connectivity index (χ2v) is 7.40. The lowest BCUT2D eigenvalue weighted by Crippen LogP contribution is -2.03. The van der Waals surface area contributed by atoms with Crippen molar-refractivity contribution >= 4 is 27.8 Å². The number of hydrogen-bond donors (Lipinski definition) is 1. The number of pyridine rings is 1. The van der Waals surface area contributed by atoms with Crippen molar-refractivity contribution in [1.82, 2.24) is 4.98 Å². The van der Waals surface area contributed by atoms with Crippen LogP contribution in [0.15, 0.2) is 46.9 Å². The maximum absolute atomic E-state index is 12.0. The van der Waals surface area contributed by atoms with E-state index in [2.05, 4.69) is 6.07 Å². The van der Waals surface area contributed by atoms with E-state index < -0.39 is 5.97 Å². The number of carboxylic acids is 1. The van der Waals surface area contributed by atoms with Crippen LogP contribution in [0.1, 0.15) is 45.8 Å². The lowest BCUT2D eigenvalue weighted by Gasteiger charge is -2.11. The predicted molar refractivity (Wildman–Crippen MR) is 105 cm³/mol. The Morgan fingerprint density at radius 2 is 1.85 bits per heavy atom. The van der Waals surface area contributed by atoms with Crippen molar-refractivity contribution in [3.05, 3.63) is 64.7 Å². The van der Waals surface area contributed by atoms with Gasteiger partial charge in [-0.3, -0.25) is 0 Å². The van der Waals surface area contributed by atoms with Crippen molar-refractivity contribution in [3.63, 3.8) is 0 Å². The second kappa shape index (κ2) is 5.68. The molecule has 4 nitrogen and oxygen atoms in total. The van der Waals surface area contributed by atoms with Gasteiger partial charge in [0.2, 0.25) is 0 Å². The zero-order valence-electron chi connectivity index (χ0n) is 15.2. The van der Waals surface area contributed by atoms with Gasteiger partial charge in [0.15, 0.2) is 5.76 Å². The molecule has 1 saturated carbocycles. The van der Waals surface area contributed by atoms with Gasteiger partial charge in [0, 0.05) is 16.3 Å². The number of carbonyl (C=O) groups is 1. The van der Waals surface area contributed by atoms with Gasteiger partial charge in [-0.1, -0.05) is 30.3 Å². The lowest BCUT2D eigenvalue weighted by atomic mass is 9.98. The minimum absolute atomic E-state index is 0.276. The van der Waals surface area contributed by atoms with Gasteiger partial charge in [-0.2, -0.15) is 0 Å². The number of benzene rings is 2. The smallest absolute Gasteiger partial charge is 0.336 e. The molecule has 0 unspecified atom stereocenters. The minimum atomic E-state index is -0.943. The number of furan rings is 1. The third-order valence-corrected chi connectivity index (χ3v) is 5.45. The van der Waals surface area contributed by atoms with Crippen LogP contribution >= 0.6 is 0 Å². The molecule has 2 heterocycles. The molecule has 27 heavy (non-hydrogen) atoms. The Morgan fingerprint density at radius 1 is 1.11 bits per heavy atom. The van der Waals surface area contributed by atoms with Crippen molar-refractivity contribution in [2.24, 2.45) is 0 Å². The average Bonchev–Trinajstić information content (AvgIpc) is 3.43. The Labute approximate surface area is 156 Å². The van der Waals surface area contributed by atoms with E-state index in [1.807, 2.05) is 44.2 Å². The van der Waals surface area contributed by atoms with Crippen LogP contribution < -0.4 is 0 Å². The number of nitrogens with zero attached hydrogens (tertiary/aromatic N) is 1. The first-order valence-corrected chi connectivity index (χ1v) is 9.20. The third kappa shape index (κ3) is 2.44. The highest BCUT2D eigenvalue weighted by Gasteiger charge is 2.32. The summed E-state index contributed by atoms with van der Waals surface area (Å²) in [6.07, 6.45) is 2.27. The molecule has 5 rings (SSSR count). The van der Waals surface area contributed by atoms with Crippen LogP contribution in [0.5, 0.6) is 0 Å². The molecule has 1 fully saturated rings. The molecule has 134 valence electrons. The molecule has 0 atom stereocenters. The Bertz CT molecular complexity index is 1230. The molecule has 0 amide bonds. The number of aromatic carboxylic acids is 1. The molecule has 1 aliphatic rings. The molecule has 1 N–H and O–H groups in total. The predicted octanol–water partition coefficient (Wildman–Crippen LogP) is 5.84. The quantitative estimate of drug-likeness (QED) is 0.500. The summed E-state index contributed by atoms with van der Waals surface area (Å²) in [6.45, 7) is 3.89. The van der Waals surface area contributed by atoms with E-state index in [4.69, 9.17) is 9.40 Å².